The molecule has 0 spiro atoms. The number of hydrogen-bond donors (Lipinski definition) is 1. The molecule has 9 heteroatoms. The van der Waals surface area contributed by atoms with Gasteiger partial charge in [0.1, 0.15) is 0 Å². The average molecular weight is 515 g/mol. The minimum Gasteiger partial charge on any atom is -0.454 e. The number of aliphatic imine (C=N–C) groups is 1. The molecule has 0 unspecified atom stereocenters. The van der Waals surface area contributed by atoms with Crippen LogP contribution in [0.15, 0.2) is 29.4 Å². The van der Waals surface area contributed by atoms with E-state index in [0.717, 1.165) is 61.7 Å². The average Bonchev–Trinajstić information content (AvgIpc) is 3.32. The van der Waals surface area contributed by atoms with Crippen LogP contribution in [0.2, 0.25) is 0 Å². The van der Waals surface area contributed by atoms with Gasteiger partial charge in [0, 0.05) is 50.8 Å². The van der Waals surface area contributed by atoms with Crippen molar-refractivity contribution in [2.45, 2.75) is 20.0 Å². The van der Waals surface area contributed by atoms with Gasteiger partial charge in [0.2, 0.25) is 6.79 Å². The number of nitrogens with one attached hydrogen (secondary N) is 1. The highest BCUT2D eigenvalue weighted by Crippen LogP contribution is 2.32. The second-order valence-electron chi connectivity index (χ2n) is 6.70. The molecule has 1 aromatic carbocycles. The number of hydrogen-bond acceptors (Lipinski definition) is 6. The molecule has 4 rings (SSSR count). The lowest BCUT2D eigenvalue weighted by Crippen LogP contribution is -2.52. The Balaban J connectivity index is 0.00000225. The number of fused-ring (bicyclic) bond motifs is 1. The number of halogens is 1. The van der Waals surface area contributed by atoms with Crippen LogP contribution in [-0.4, -0.2) is 60.8 Å². The lowest BCUT2D eigenvalue weighted by atomic mass is 10.1. The van der Waals surface area contributed by atoms with Gasteiger partial charge in [-0.2, -0.15) is 0 Å². The molecule has 1 aromatic heterocycles. The minimum atomic E-state index is 0. The molecule has 1 saturated heterocycles. The van der Waals surface area contributed by atoms with Crippen LogP contribution in [0.3, 0.4) is 0 Å². The molecule has 2 aliphatic heterocycles. The molecule has 1 fully saturated rings. The molecular formula is C19H26IN5O2S. The molecule has 152 valence electrons. The lowest BCUT2D eigenvalue weighted by molar-refractivity contribution is 0.171. The molecule has 0 radical (unpaired) electrons. The van der Waals surface area contributed by atoms with Crippen molar-refractivity contribution >= 4 is 41.3 Å². The normalized spacial score (nSPS) is 16.8. The first-order chi connectivity index (χ1) is 13.2. The number of benzene rings is 1. The van der Waals surface area contributed by atoms with E-state index in [1.54, 1.807) is 11.3 Å². The van der Waals surface area contributed by atoms with Crippen molar-refractivity contribution < 1.29 is 9.47 Å². The van der Waals surface area contributed by atoms with E-state index in [0.29, 0.717) is 6.79 Å². The van der Waals surface area contributed by atoms with Gasteiger partial charge in [-0.15, -0.1) is 35.3 Å². The molecule has 0 atom stereocenters. The fourth-order valence-corrected chi connectivity index (χ4v) is 4.14. The highest BCUT2D eigenvalue weighted by atomic mass is 127. The lowest BCUT2D eigenvalue weighted by Gasteiger charge is -2.36. The summed E-state index contributed by atoms with van der Waals surface area (Å²) in [5, 5.41) is 4.56. The third-order valence-electron chi connectivity index (χ3n) is 4.82. The molecule has 2 aliphatic rings. The zero-order chi connectivity index (χ0) is 18.6. The summed E-state index contributed by atoms with van der Waals surface area (Å²) in [5.41, 5.74) is 1.26. The number of nitrogens with zero attached hydrogens (tertiary/aromatic N) is 4. The van der Waals surface area contributed by atoms with Gasteiger partial charge in [-0.25, -0.2) is 4.98 Å². The van der Waals surface area contributed by atoms with Gasteiger partial charge in [0.25, 0.3) is 0 Å². The molecule has 0 bridgehead atoms. The summed E-state index contributed by atoms with van der Waals surface area (Å²) in [6.45, 7) is 8.00. The highest BCUT2D eigenvalue weighted by molar-refractivity contribution is 14.0. The second-order valence-corrected chi connectivity index (χ2v) is 8.02. The maximum Gasteiger partial charge on any atom is 0.231 e. The Hall–Kier alpha value is -1.59. The summed E-state index contributed by atoms with van der Waals surface area (Å²) in [4.78, 5) is 14.8. The van der Waals surface area contributed by atoms with Crippen LogP contribution in [0.4, 0.5) is 0 Å². The number of piperazine rings is 1. The molecule has 0 amide bonds. The first kappa shape index (κ1) is 21.1. The van der Waals surface area contributed by atoms with Crippen molar-refractivity contribution in [1.29, 1.82) is 0 Å². The number of aromatic nitrogens is 1. The summed E-state index contributed by atoms with van der Waals surface area (Å²) in [5.74, 6) is 2.66. The van der Waals surface area contributed by atoms with E-state index in [1.165, 1.54) is 10.4 Å². The SMILES string of the molecule is CN=C(NCc1cnc(C)s1)N1CCN(Cc2ccc3c(c2)OCO3)CC1.I. The van der Waals surface area contributed by atoms with Crippen LogP contribution in [0.1, 0.15) is 15.4 Å². The van der Waals surface area contributed by atoms with E-state index in [4.69, 9.17) is 9.47 Å². The van der Waals surface area contributed by atoms with Crippen molar-refractivity contribution in [3.63, 3.8) is 0 Å². The Kier molecular flexibility index (Phi) is 7.36. The Morgan fingerprint density at radius 2 is 2.00 bits per heavy atom. The van der Waals surface area contributed by atoms with Gasteiger partial charge in [-0.3, -0.25) is 9.89 Å². The second kappa shape index (κ2) is 9.75. The number of guanidine groups is 1. The van der Waals surface area contributed by atoms with E-state index in [-0.39, 0.29) is 24.0 Å². The minimum absolute atomic E-state index is 0. The van der Waals surface area contributed by atoms with Gasteiger partial charge in [0.15, 0.2) is 17.5 Å². The van der Waals surface area contributed by atoms with E-state index >= 15 is 0 Å². The molecule has 0 aliphatic carbocycles. The van der Waals surface area contributed by atoms with E-state index < -0.39 is 0 Å². The first-order valence-electron chi connectivity index (χ1n) is 9.19. The molecule has 2 aromatic rings. The van der Waals surface area contributed by atoms with Crippen LogP contribution in [-0.2, 0) is 13.1 Å². The zero-order valence-corrected chi connectivity index (χ0v) is 19.3. The third kappa shape index (κ3) is 5.06. The number of ether oxygens (including phenoxy) is 2. The Morgan fingerprint density at radius 3 is 2.71 bits per heavy atom. The van der Waals surface area contributed by atoms with Gasteiger partial charge in [-0.05, 0) is 24.6 Å². The van der Waals surface area contributed by atoms with Gasteiger partial charge >= 0.3 is 0 Å². The van der Waals surface area contributed by atoms with E-state index in [1.807, 2.05) is 26.2 Å². The standard InChI is InChI=1S/C19H25N5O2S.HI/c1-14-21-10-16(27-14)11-22-19(20-2)24-7-5-23(6-8-24)12-15-3-4-17-18(9-15)26-13-25-17;/h3-4,9-10H,5-8,11-13H2,1-2H3,(H,20,22);1H. The highest BCUT2D eigenvalue weighted by Gasteiger charge is 2.21. The molecule has 7 nitrogen and oxygen atoms in total. The number of rotatable bonds is 4. The molecule has 3 heterocycles. The Morgan fingerprint density at radius 1 is 1.21 bits per heavy atom. The van der Waals surface area contributed by atoms with E-state index in [2.05, 4.69) is 37.2 Å². The van der Waals surface area contributed by atoms with E-state index in [9.17, 15) is 0 Å². The summed E-state index contributed by atoms with van der Waals surface area (Å²) < 4.78 is 10.9. The summed E-state index contributed by atoms with van der Waals surface area (Å²) in [7, 11) is 1.85. The third-order valence-corrected chi connectivity index (χ3v) is 5.73. The quantitative estimate of drug-likeness (QED) is 0.384. The first-order valence-corrected chi connectivity index (χ1v) is 10.0. The summed E-state index contributed by atoms with van der Waals surface area (Å²) >= 11 is 1.72. The van der Waals surface area contributed by atoms with Crippen LogP contribution in [0.5, 0.6) is 11.5 Å². The molecule has 0 saturated carbocycles. The van der Waals surface area contributed by atoms with Crippen molar-refractivity contribution in [1.82, 2.24) is 20.1 Å². The van der Waals surface area contributed by atoms with Crippen molar-refractivity contribution in [3.05, 3.63) is 39.8 Å². The number of thiazole rings is 1. The largest absolute Gasteiger partial charge is 0.454 e. The van der Waals surface area contributed by atoms with Crippen molar-refractivity contribution in [2.24, 2.45) is 4.99 Å². The van der Waals surface area contributed by atoms with Crippen molar-refractivity contribution in [3.8, 4) is 11.5 Å². The molecular weight excluding hydrogens is 489 g/mol. The smallest absolute Gasteiger partial charge is 0.231 e. The number of aryl methyl sites for hydroxylation is 1. The molecule has 28 heavy (non-hydrogen) atoms. The Labute approximate surface area is 186 Å². The fraction of sp³-hybridized carbons (Fsp3) is 0.474. The van der Waals surface area contributed by atoms with Crippen LogP contribution >= 0.6 is 35.3 Å². The maximum atomic E-state index is 5.48. The van der Waals surface area contributed by atoms with Crippen LogP contribution < -0.4 is 14.8 Å². The van der Waals surface area contributed by atoms with Crippen LogP contribution in [0, 0.1) is 6.92 Å². The predicted octanol–water partition coefficient (Wildman–Crippen LogP) is 2.69. The maximum absolute atomic E-state index is 5.48. The van der Waals surface area contributed by atoms with Crippen molar-refractivity contribution in [2.75, 3.05) is 40.0 Å². The molecule has 1 N–H and O–H groups in total. The monoisotopic (exact) mass is 515 g/mol. The summed E-state index contributed by atoms with van der Waals surface area (Å²) in [6, 6.07) is 6.21. The van der Waals surface area contributed by atoms with Crippen LogP contribution in [0.25, 0.3) is 0 Å². The topological polar surface area (TPSA) is 62.2 Å². The fourth-order valence-electron chi connectivity index (χ4n) is 3.40. The Bertz CT molecular complexity index is 820. The van der Waals surface area contributed by atoms with Gasteiger partial charge in [-0.1, -0.05) is 6.07 Å². The van der Waals surface area contributed by atoms with Gasteiger partial charge in [0.05, 0.1) is 11.6 Å². The predicted molar refractivity (Wildman–Crippen MR) is 122 cm³/mol. The van der Waals surface area contributed by atoms with Gasteiger partial charge < -0.3 is 19.7 Å². The summed E-state index contributed by atoms with van der Waals surface area (Å²) in [6.07, 6.45) is 1.93. The zero-order valence-electron chi connectivity index (χ0n) is 16.2.